The second kappa shape index (κ2) is 4.15. The number of hydrogen-bond acceptors (Lipinski definition) is 2. The lowest BCUT2D eigenvalue weighted by atomic mass is 9.98. The van der Waals surface area contributed by atoms with Crippen molar-refractivity contribution < 1.29 is 0 Å². The van der Waals surface area contributed by atoms with Crippen LogP contribution < -0.4 is 5.32 Å². The monoisotopic (exact) mass is 229 g/mol. The Bertz CT molecular complexity index is 529. The van der Waals surface area contributed by atoms with Gasteiger partial charge in [-0.25, -0.2) is 4.98 Å². The van der Waals surface area contributed by atoms with Crippen molar-refractivity contribution in [2.24, 2.45) is 5.92 Å². The quantitative estimate of drug-likeness (QED) is 0.830. The number of imidazole rings is 1. The summed E-state index contributed by atoms with van der Waals surface area (Å²) in [5.74, 6) is 2.35. The molecule has 0 amide bonds. The third-order valence-electron chi connectivity index (χ3n) is 3.84. The maximum Gasteiger partial charge on any atom is 0.111 e. The fraction of sp³-hybridized carbons (Fsp3) is 0.500. The number of rotatable bonds is 2. The molecule has 1 aromatic carbocycles. The van der Waals surface area contributed by atoms with Gasteiger partial charge in [-0.3, -0.25) is 0 Å². The highest BCUT2D eigenvalue weighted by Gasteiger charge is 2.27. The molecular weight excluding hydrogens is 210 g/mol. The summed E-state index contributed by atoms with van der Waals surface area (Å²) < 4.78 is 0. The summed E-state index contributed by atoms with van der Waals surface area (Å²) in [5.41, 5.74) is 3.64. The van der Waals surface area contributed by atoms with Crippen LogP contribution in [0.2, 0.25) is 0 Å². The van der Waals surface area contributed by atoms with E-state index in [2.05, 4.69) is 42.3 Å². The molecule has 1 aliphatic heterocycles. The molecule has 0 spiro atoms. The summed E-state index contributed by atoms with van der Waals surface area (Å²) in [6, 6.07) is 6.52. The smallest absolute Gasteiger partial charge is 0.111 e. The molecule has 17 heavy (non-hydrogen) atoms. The van der Waals surface area contributed by atoms with Gasteiger partial charge < -0.3 is 10.3 Å². The molecule has 0 saturated carbocycles. The Kier molecular flexibility index (Phi) is 2.63. The van der Waals surface area contributed by atoms with Gasteiger partial charge in [-0.1, -0.05) is 19.9 Å². The average molecular weight is 229 g/mol. The first-order chi connectivity index (χ1) is 8.28. The highest BCUT2D eigenvalue weighted by molar-refractivity contribution is 5.76. The zero-order valence-corrected chi connectivity index (χ0v) is 10.5. The summed E-state index contributed by atoms with van der Waals surface area (Å²) in [7, 11) is 0. The van der Waals surface area contributed by atoms with Gasteiger partial charge in [-0.05, 0) is 36.6 Å². The van der Waals surface area contributed by atoms with E-state index in [4.69, 9.17) is 4.98 Å². The van der Waals surface area contributed by atoms with Crippen molar-refractivity contribution >= 4 is 11.0 Å². The number of fused-ring (bicyclic) bond motifs is 1. The van der Waals surface area contributed by atoms with E-state index in [0.29, 0.717) is 11.8 Å². The van der Waals surface area contributed by atoms with E-state index in [1.54, 1.807) is 0 Å². The van der Waals surface area contributed by atoms with Crippen LogP contribution in [-0.2, 0) is 6.42 Å². The Hall–Kier alpha value is -1.35. The summed E-state index contributed by atoms with van der Waals surface area (Å²) in [5, 5.41) is 3.43. The van der Waals surface area contributed by atoms with Crippen LogP contribution in [0, 0.1) is 5.92 Å². The lowest BCUT2D eigenvalue weighted by Crippen LogP contribution is -2.09. The van der Waals surface area contributed by atoms with Crippen molar-refractivity contribution in [3.05, 3.63) is 29.6 Å². The first kappa shape index (κ1) is 10.8. The molecule has 2 heterocycles. The molecule has 3 heteroatoms. The lowest BCUT2D eigenvalue weighted by molar-refractivity contribution is 0.551. The van der Waals surface area contributed by atoms with Crippen LogP contribution in [0.15, 0.2) is 18.2 Å². The van der Waals surface area contributed by atoms with Crippen molar-refractivity contribution in [1.82, 2.24) is 15.3 Å². The van der Waals surface area contributed by atoms with Gasteiger partial charge in [0.15, 0.2) is 0 Å². The standard InChI is InChI=1S/C14H19N3/c1-3-10-4-5-12-13(6-10)17-14(16-12)11-8-15-7-9(11)2/h4-6,9,11,15H,3,7-8H2,1-2H3,(H,16,17)/t9-,11-/m1/s1. The summed E-state index contributed by atoms with van der Waals surface area (Å²) in [6.45, 7) is 6.61. The molecule has 3 nitrogen and oxygen atoms in total. The summed E-state index contributed by atoms with van der Waals surface area (Å²) >= 11 is 0. The van der Waals surface area contributed by atoms with Crippen LogP contribution in [0.4, 0.5) is 0 Å². The number of benzene rings is 1. The van der Waals surface area contributed by atoms with E-state index in [1.165, 1.54) is 11.1 Å². The lowest BCUT2D eigenvalue weighted by Gasteiger charge is -2.09. The number of aryl methyl sites for hydroxylation is 1. The van der Waals surface area contributed by atoms with Crippen molar-refractivity contribution in [3.63, 3.8) is 0 Å². The second-order valence-electron chi connectivity index (χ2n) is 5.07. The van der Waals surface area contributed by atoms with E-state index in [-0.39, 0.29) is 0 Å². The van der Waals surface area contributed by atoms with Gasteiger partial charge in [0.1, 0.15) is 5.82 Å². The molecule has 3 rings (SSSR count). The van der Waals surface area contributed by atoms with Gasteiger partial charge in [-0.15, -0.1) is 0 Å². The number of nitrogens with one attached hydrogen (secondary N) is 2. The SMILES string of the molecule is CCc1ccc2nc([C@@H]3CNC[C@H]3C)[nH]c2c1. The highest BCUT2D eigenvalue weighted by Crippen LogP contribution is 2.27. The van der Waals surface area contributed by atoms with Crippen molar-refractivity contribution in [1.29, 1.82) is 0 Å². The zero-order valence-electron chi connectivity index (χ0n) is 10.5. The van der Waals surface area contributed by atoms with Gasteiger partial charge >= 0.3 is 0 Å². The van der Waals surface area contributed by atoms with Gasteiger partial charge in [0, 0.05) is 12.5 Å². The van der Waals surface area contributed by atoms with Gasteiger partial charge in [0.25, 0.3) is 0 Å². The number of aromatic amines is 1. The summed E-state index contributed by atoms with van der Waals surface area (Å²) in [4.78, 5) is 8.22. The molecule has 0 aliphatic carbocycles. The second-order valence-corrected chi connectivity index (χ2v) is 5.07. The van der Waals surface area contributed by atoms with E-state index in [9.17, 15) is 0 Å². The molecule has 0 unspecified atom stereocenters. The van der Waals surface area contributed by atoms with Crippen LogP contribution >= 0.6 is 0 Å². The fourth-order valence-electron chi connectivity index (χ4n) is 2.65. The maximum atomic E-state index is 4.72. The topological polar surface area (TPSA) is 40.7 Å². The predicted molar refractivity (Wildman–Crippen MR) is 70.2 cm³/mol. The van der Waals surface area contributed by atoms with Gasteiger partial charge in [0.2, 0.25) is 0 Å². The number of H-pyrrole nitrogens is 1. The van der Waals surface area contributed by atoms with Crippen LogP contribution in [-0.4, -0.2) is 23.1 Å². The highest BCUT2D eigenvalue weighted by atomic mass is 15.0. The molecule has 90 valence electrons. The van der Waals surface area contributed by atoms with Crippen LogP contribution in [0.25, 0.3) is 11.0 Å². The van der Waals surface area contributed by atoms with E-state index < -0.39 is 0 Å². The molecule has 2 atom stereocenters. The first-order valence-electron chi connectivity index (χ1n) is 6.47. The third-order valence-corrected chi connectivity index (χ3v) is 3.84. The molecule has 1 fully saturated rings. The molecule has 1 aliphatic rings. The van der Waals surface area contributed by atoms with Crippen molar-refractivity contribution in [2.75, 3.05) is 13.1 Å². The predicted octanol–water partition coefficient (Wildman–Crippen LogP) is 2.45. The van der Waals surface area contributed by atoms with E-state index in [0.717, 1.165) is 30.9 Å². The van der Waals surface area contributed by atoms with E-state index >= 15 is 0 Å². The Balaban J connectivity index is 2.01. The van der Waals surface area contributed by atoms with Crippen LogP contribution in [0.3, 0.4) is 0 Å². The zero-order chi connectivity index (χ0) is 11.8. The first-order valence-corrected chi connectivity index (χ1v) is 6.47. The minimum absolute atomic E-state index is 0.535. The Morgan fingerprint density at radius 3 is 2.94 bits per heavy atom. The average Bonchev–Trinajstić information content (AvgIpc) is 2.93. The molecule has 2 aromatic rings. The minimum atomic E-state index is 0.535. The van der Waals surface area contributed by atoms with E-state index in [1.807, 2.05) is 0 Å². The summed E-state index contributed by atoms with van der Waals surface area (Å²) in [6.07, 6.45) is 1.08. The van der Waals surface area contributed by atoms with Crippen molar-refractivity contribution in [2.45, 2.75) is 26.2 Å². The molecule has 0 bridgehead atoms. The number of nitrogens with zero attached hydrogens (tertiary/aromatic N) is 1. The van der Waals surface area contributed by atoms with Crippen molar-refractivity contribution in [3.8, 4) is 0 Å². The normalized spacial score (nSPS) is 24.6. The minimum Gasteiger partial charge on any atom is -0.342 e. The Morgan fingerprint density at radius 2 is 2.24 bits per heavy atom. The Labute approximate surface area is 102 Å². The molecular formula is C14H19N3. The van der Waals surface area contributed by atoms with Gasteiger partial charge in [-0.2, -0.15) is 0 Å². The molecule has 2 N–H and O–H groups in total. The van der Waals surface area contributed by atoms with Crippen LogP contribution in [0.1, 0.15) is 31.2 Å². The number of hydrogen-bond donors (Lipinski definition) is 2. The molecule has 1 aromatic heterocycles. The fourth-order valence-corrected chi connectivity index (χ4v) is 2.65. The largest absolute Gasteiger partial charge is 0.342 e. The maximum absolute atomic E-state index is 4.72. The van der Waals surface area contributed by atoms with Crippen LogP contribution in [0.5, 0.6) is 0 Å². The Morgan fingerprint density at radius 1 is 1.35 bits per heavy atom. The van der Waals surface area contributed by atoms with Gasteiger partial charge in [0.05, 0.1) is 11.0 Å². The number of aromatic nitrogens is 2. The molecule has 0 radical (unpaired) electrons. The molecule has 1 saturated heterocycles. The third kappa shape index (κ3) is 1.84.